The van der Waals surface area contributed by atoms with E-state index >= 15 is 0 Å². The Morgan fingerprint density at radius 1 is 0.611 bits per heavy atom. The molecular weight excluding hydrogens is 327 g/mol. The zero-order valence-corrected chi connectivity index (χ0v) is 16.4. The molecule has 0 amide bonds. The number of hydrogen-bond acceptors (Lipinski definition) is 0. The highest BCUT2D eigenvalue weighted by Crippen LogP contribution is 2.23. The van der Waals surface area contributed by atoms with Crippen LogP contribution in [0.5, 0.6) is 0 Å². The molecule has 0 aromatic carbocycles. The first-order valence-corrected chi connectivity index (χ1v) is 13.9. The van der Waals surface area contributed by atoms with Crippen molar-refractivity contribution >= 4 is 49.6 Å². The lowest BCUT2D eigenvalue weighted by Gasteiger charge is -2.38. The summed E-state index contributed by atoms with van der Waals surface area (Å²) in [4.78, 5) is 0. The second kappa shape index (κ2) is 12.4. The number of hydrogen-bond donors (Lipinski definition) is 0. The Hall–Kier alpha value is 1.65. The van der Waals surface area contributed by atoms with Crippen molar-refractivity contribution in [2.45, 2.75) is 53.4 Å². The minimum atomic E-state index is -2.94. The van der Waals surface area contributed by atoms with Crippen molar-refractivity contribution in [3.63, 3.8) is 0 Å². The van der Waals surface area contributed by atoms with Gasteiger partial charge < -0.3 is 44.7 Å². The van der Waals surface area contributed by atoms with Gasteiger partial charge in [-0.1, -0.05) is 27.7 Å². The first-order chi connectivity index (χ1) is 8.24. The predicted molar refractivity (Wildman–Crippen MR) is 90.1 cm³/mol. The molecule has 0 aromatic rings. The summed E-state index contributed by atoms with van der Waals surface area (Å²) in [6.45, 7) is 14.8. The maximum atomic E-state index is 4.99. The molecular formula is C12H28AlCl4N. The molecule has 0 bridgehead atoms. The largest absolute Gasteiger partial charge is 0.564 e. The molecule has 6 heteroatoms. The van der Waals surface area contributed by atoms with E-state index in [1.807, 2.05) is 0 Å². The normalized spacial score (nSPS) is 12.0. The Labute approximate surface area is 133 Å². The van der Waals surface area contributed by atoms with Gasteiger partial charge in [-0.2, -0.15) is 0 Å². The summed E-state index contributed by atoms with van der Waals surface area (Å²) in [5.74, 6) is 0. The van der Waals surface area contributed by atoms with Crippen LogP contribution in [0.4, 0.5) is 0 Å². The van der Waals surface area contributed by atoms with Crippen LogP contribution in [-0.2, 0) is 0 Å². The van der Waals surface area contributed by atoms with Crippen LogP contribution in [0, 0.1) is 0 Å². The smallest absolute Gasteiger partial charge is 0.391 e. The van der Waals surface area contributed by atoms with Crippen molar-refractivity contribution in [3.05, 3.63) is 0 Å². The van der Waals surface area contributed by atoms with Crippen LogP contribution in [0.1, 0.15) is 53.4 Å². The first-order valence-electron chi connectivity index (χ1n) is 6.97. The van der Waals surface area contributed by atoms with Crippen LogP contribution in [0.15, 0.2) is 0 Å². The molecule has 0 rings (SSSR count). The van der Waals surface area contributed by atoms with E-state index in [4.69, 9.17) is 40.2 Å². The van der Waals surface area contributed by atoms with Crippen molar-refractivity contribution in [1.29, 1.82) is 0 Å². The number of quaternary nitrogens is 1. The van der Waals surface area contributed by atoms with Crippen molar-refractivity contribution in [2.75, 3.05) is 26.2 Å². The second-order valence-electron chi connectivity index (χ2n) is 4.73. The van der Waals surface area contributed by atoms with Crippen molar-refractivity contribution in [2.24, 2.45) is 0 Å². The number of nitrogens with zero attached hydrogens (tertiary/aromatic N) is 1. The molecule has 0 fully saturated rings. The van der Waals surface area contributed by atoms with Gasteiger partial charge in [0.05, 0.1) is 26.2 Å². The Morgan fingerprint density at radius 3 is 0.889 bits per heavy atom. The number of rotatable bonds is 8. The van der Waals surface area contributed by atoms with Gasteiger partial charge in [0.2, 0.25) is 0 Å². The van der Waals surface area contributed by atoms with Gasteiger partial charge in [-0.15, -0.1) is 0 Å². The van der Waals surface area contributed by atoms with E-state index in [-0.39, 0.29) is 0 Å². The lowest BCUT2D eigenvalue weighted by molar-refractivity contribution is -0.928. The molecule has 0 spiro atoms. The zero-order valence-electron chi connectivity index (χ0n) is 12.2. The average molecular weight is 355 g/mol. The molecule has 0 aliphatic rings. The van der Waals surface area contributed by atoms with E-state index in [2.05, 4.69) is 27.7 Å². The third-order valence-corrected chi connectivity index (χ3v) is 2.79. The van der Waals surface area contributed by atoms with Crippen LogP contribution in [-0.4, -0.2) is 40.1 Å². The van der Waals surface area contributed by atoms with Gasteiger partial charge in [-0.3, -0.25) is 0 Å². The predicted octanol–water partition coefficient (Wildman–Crippen LogP) is 5.82. The lowest BCUT2D eigenvalue weighted by atomic mass is 10.2. The van der Waals surface area contributed by atoms with Gasteiger partial charge in [0.15, 0.2) is 0 Å². The zero-order chi connectivity index (χ0) is 14.7. The SMILES string of the molecule is CCC[N+](CCC)(CCC)CCC.[Cl][Al-]([Cl])([Cl])[Cl]. The minimum absolute atomic E-state index is 1.33. The Bertz CT molecular complexity index is 150. The van der Waals surface area contributed by atoms with Crippen LogP contribution >= 0.6 is 40.2 Å². The molecule has 0 heterocycles. The summed E-state index contributed by atoms with van der Waals surface area (Å²) in [6.07, 6.45) is 5.33. The van der Waals surface area contributed by atoms with Crippen molar-refractivity contribution in [3.8, 4) is 0 Å². The standard InChI is InChI=1S/C12H28N.Al.4ClH/c1-5-9-13(10-6-2,11-7-3)12-8-4;;;;;/h5-12H2,1-4H3;;4*1H/q+1;+3;;;;/p-4. The molecule has 0 atom stereocenters. The van der Waals surface area contributed by atoms with Gasteiger partial charge in [-0.25, -0.2) is 0 Å². The molecule has 0 radical (unpaired) electrons. The third kappa shape index (κ3) is 15.7. The van der Waals surface area contributed by atoms with Gasteiger partial charge in [0.1, 0.15) is 0 Å². The summed E-state index contributed by atoms with van der Waals surface area (Å²) in [6, 6.07) is 0. The topological polar surface area (TPSA) is 0 Å². The molecule has 0 unspecified atom stereocenters. The number of halogens is 4. The molecule has 0 N–H and O–H groups in total. The molecule has 0 aliphatic carbocycles. The maximum absolute atomic E-state index is 4.99. The van der Waals surface area contributed by atoms with E-state index in [0.717, 1.165) is 0 Å². The molecule has 0 aromatic heterocycles. The summed E-state index contributed by atoms with van der Waals surface area (Å²) in [5, 5.41) is 0. The van der Waals surface area contributed by atoms with Crippen LogP contribution < -0.4 is 0 Å². The Kier molecular flexibility index (Phi) is 15.1. The van der Waals surface area contributed by atoms with Gasteiger partial charge >= 0.3 is 9.39 Å². The summed E-state index contributed by atoms with van der Waals surface area (Å²) >= 11 is 0. The van der Waals surface area contributed by atoms with E-state index in [1.165, 1.54) is 56.3 Å². The molecule has 0 aliphatic heterocycles. The molecule has 1 nitrogen and oxygen atoms in total. The monoisotopic (exact) mass is 353 g/mol. The third-order valence-electron chi connectivity index (χ3n) is 2.79. The molecule has 18 heavy (non-hydrogen) atoms. The maximum Gasteiger partial charge on any atom is 0.564 e. The summed E-state index contributed by atoms with van der Waals surface area (Å²) in [7, 11) is 17.0. The Balaban J connectivity index is 0. The fraction of sp³-hybridized carbons (Fsp3) is 1.00. The van der Waals surface area contributed by atoms with Gasteiger partial charge in [0.25, 0.3) is 0 Å². The van der Waals surface area contributed by atoms with E-state index in [1.54, 1.807) is 0 Å². The van der Waals surface area contributed by atoms with Crippen molar-refractivity contribution < 1.29 is 4.48 Å². The van der Waals surface area contributed by atoms with Gasteiger partial charge in [0, 0.05) is 0 Å². The molecule has 112 valence electrons. The fourth-order valence-corrected chi connectivity index (χ4v) is 2.57. The highest BCUT2D eigenvalue weighted by molar-refractivity contribution is 7.81. The van der Waals surface area contributed by atoms with E-state index < -0.39 is 9.39 Å². The summed E-state index contributed by atoms with van der Waals surface area (Å²) < 4.78 is 1.38. The van der Waals surface area contributed by atoms with Crippen LogP contribution in [0.25, 0.3) is 0 Å². The van der Waals surface area contributed by atoms with Gasteiger partial charge in [-0.05, 0) is 25.7 Å². The summed E-state index contributed by atoms with van der Waals surface area (Å²) in [5.41, 5.74) is 0. The fourth-order valence-electron chi connectivity index (χ4n) is 2.57. The lowest BCUT2D eigenvalue weighted by Crippen LogP contribution is -2.50. The highest BCUT2D eigenvalue weighted by Gasteiger charge is 2.22. The Morgan fingerprint density at radius 2 is 0.778 bits per heavy atom. The molecule has 0 saturated carbocycles. The molecule has 0 saturated heterocycles. The van der Waals surface area contributed by atoms with Crippen LogP contribution in [0.2, 0.25) is 0 Å². The van der Waals surface area contributed by atoms with Crippen LogP contribution in [0.3, 0.4) is 0 Å². The van der Waals surface area contributed by atoms with Crippen molar-refractivity contribution in [1.82, 2.24) is 0 Å². The average Bonchev–Trinajstić information content (AvgIpc) is 2.16. The van der Waals surface area contributed by atoms with E-state index in [0.29, 0.717) is 0 Å². The van der Waals surface area contributed by atoms with E-state index in [9.17, 15) is 0 Å². The highest BCUT2D eigenvalue weighted by atomic mass is 35.9. The second-order valence-corrected chi connectivity index (χ2v) is 17.6. The first kappa shape index (κ1) is 21.9. The quantitative estimate of drug-likeness (QED) is 0.380. The minimum Gasteiger partial charge on any atom is -0.391 e.